The summed E-state index contributed by atoms with van der Waals surface area (Å²) in [6, 6.07) is -0.676. The minimum absolute atomic E-state index is 0.172. The second kappa shape index (κ2) is 5.76. The van der Waals surface area contributed by atoms with Crippen LogP contribution in [-0.4, -0.2) is 75.7 Å². The van der Waals surface area contributed by atoms with Crippen LogP contribution in [0.1, 0.15) is 0 Å². The molecule has 0 radical (unpaired) electrons. The molecule has 1 fully saturated rings. The van der Waals surface area contributed by atoms with Gasteiger partial charge in [0.25, 0.3) is 0 Å². The molecule has 1 atom stereocenters. The highest BCUT2D eigenvalue weighted by Gasteiger charge is 2.28. The fourth-order valence-corrected chi connectivity index (χ4v) is 2.55. The summed E-state index contributed by atoms with van der Waals surface area (Å²) in [5.41, 5.74) is 5.63. The van der Waals surface area contributed by atoms with Crippen LogP contribution in [-0.2, 0) is 19.6 Å². The Morgan fingerprint density at radius 2 is 1.88 bits per heavy atom. The second-order valence-electron chi connectivity index (χ2n) is 4.05. The third-order valence-electron chi connectivity index (χ3n) is 2.68. The van der Waals surface area contributed by atoms with Crippen LogP contribution in [0.4, 0.5) is 0 Å². The van der Waals surface area contributed by atoms with Crippen LogP contribution in [0.5, 0.6) is 0 Å². The zero-order valence-corrected chi connectivity index (χ0v) is 10.9. The zero-order valence-electron chi connectivity index (χ0n) is 10.1. The largest absolute Gasteiger partial charge is 0.383 e. The van der Waals surface area contributed by atoms with Crippen LogP contribution >= 0.6 is 0 Å². The van der Waals surface area contributed by atoms with Crippen molar-refractivity contribution in [3.05, 3.63) is 0 Å². The molecule has 1 rings (SSSR count). The summed E-state index contributed by atoms with van der Waals surface area (Å²) in [5.74, 6) is -0.194. The molecule has 2 N–H and O–H groups in total. The van der Waals surface area contributed by atoms with Crippen LogP contribution in [0.3, 0.4) is 0 Å². The molecule has 1 unspecified atom stereocenters. The van der Waals surface area contributed by atoms with E-state index in [1.807, 2.05) is 0 Å². The van der Waals surface area contributed by atoms with E-state index >= 15 is 0 Å². The van der Waals surface area contributed by atoms with Gasteiger partial charge in [0.15, 0.2) is 0 Å². The Kier molecular flexibility index (Phi) is 4.87. The van der Waals surface area contributed by atoms with Gasteiger partial charge in [-0.25, -0.2) is 8.42 Å². The van der Waals surface area contributed by atoms with Crippen molar-refractivity contribution in [1.29, 1.82) is 0 Å². The standard InChI is InChI=1S/C9H19N3O4S/c1-16-7-8(10)9(13)11-3-5-12(6-4-11)17(2,14)15/h8H,3-7,10H2,1-2H3. The molecule has 7 nitrogen and oxygen atoms in total. The third-order valence-corrected chi connectivity index (χ3v) is 3.99. The first-order chi connectivity index (χ1) is 7.86. The smallest absolute Gasteiger partial charge is 0.241 e. The van der Waals surface area contributed by atoms with Gasteiger partial charge in [0.2, 0.25) is 15.9 Å². The molecule has 0 aromatic heterocycles. The molecule has 17 heavy (non-hydrogen) atoms. The Labute approximate surface area is 102 Å². The average molecular weight is 265 g/mol. The summed E-state index contributed by atoms with van der Waals surface area (Å²) in [6.45, 7) is 1.58. The van der Waals surface area contributed by atoms with E-state index in [0.29, 0.717) is 26.2 Å². The van der Waals surface area contributed by atoms with E-state index < -0.39 is 16.1 Å². The Balaban J connectivity index is 2.49. The molecule has 0 spiro atoms. The summed E-state index contributed by atoms with van der Waals surface area (Å²) < 4.78 is 28.7. The summed E-state index contributed by atoms with van der Waals surface area (Å²) in [6.07, 6.45) is 1.17. The van der Waals surface area contributed by atoms with Gasteiger partial charge in [-0.2, -0.15) is 4.31 Å². The van der Waals surface area contributed by atoms with Crippen molar-refractivity contribution in [3.8, 4) is 0 Å². The first-order valence-electron chi connectivity index (χ1n) is 5.34. The van der Waals surface area contributed by atoms with Crippen molar-refractivity contribution in [1.82, 2.24) is 9.21 Å². The third kappa shape index (κ3) is 3.91. The maximum absolute atomic E-state index is 11.8. The zero-order chi connectivity index (χ0) is 13.1. The number of carbonyl (C=O) groups is 1. The molecular weight excluding hydrogens is 246 g/mol. The molecule has 1 aliphatic heterocycles. The molecule has 100 valence electrons. The Hall–Kier alpha value is -0.700. The molecule has 1 amide bonds. The van der Waals surface area contributed by atoms with Gasteiger partial charge < -0.3 is 15.4 Å². The molecule has 1 saturated heterocycles. The lowest BCUT2D eigenvalue weighted by atomic mass is 10.2. The molecule has 0 saturated carbocycles. The number of ether oxygens (including phenoxy) is 1. The minimum atomic E-state index is -3.17. The SMILES string of the molecule is COCC(N)C(=O)N1CCN(S(C)(=O)=O)CC1. The fraction of sp³-hybridized carbons (Fsp3) is 0.889. The molecule has 8 heteroatoms. The van der Waals surface area contributed by atoms with Gasteiger partial charge in [0, 0.05) is 33.3 Å². The molecule has 0 aromatic carbocycles. The van der Waals surface area contributed by atoms with Gasteiger partial charge in [-0.05, 0) is 0 Å². The van der Waals surface area contributed by atoms with Crippen molar-refractivity contribution in [2.45, 2.75) is 6.04 Å². The van der Waals surface area contributed by atoms with Crippen LogP contribution in [0, 0.1) is 0 Å². The molecule has 0 bridgehead atoms. The van der Waals surface area contributed by atoms with E-state index in [4.69, 9.17) is 10.5 Å². The topological polar surface area (TPSA) is 92.9 Å². The maximum Gasteiger partial charge on any atom is 0.241 e. The molecule has 0 aliphatic carbocycles. The van der Waals surface area contributed by atoms with Crippen molar-refractivity contribution < 1.29 is 17.9 Å². The lowest BCUT2D eigenvalue weighted by molar-refractivity contribution is -0.134. The molecule has 1 heterocycles. The lowest BCUT2D eigenvalue weighted by Gasteiger charge is -2.34. The number of piperazine rings is 1. The summed E-state index contributed by atoms with van der Waals surface area (Å²) in [5, 5.41) is 0. The maximum atomic E-state index is 11.8. The number of carbonyl (C=O) groups excluding carboxylic acids is 1. The number of sulfonamides is 1. The highest BCUT2D eigenvalue weighted by molar-refractivity contribution is 7.88. The first-order valence-corrected chi connectivity index (χ1v) is 7.19. The number of nitrogens with zero attached hydrogens (tertiary/aromatic N) is 2. The van der Waals surface area contributed by atoms with Gasteiger partial charge in [0.05, 0.1) is 12.9 Å². The summed E-state index contributed by atoms with van der Waals surface area (Å²) in [4.78, 5) is 13.4. The van der Waals surface area contributed by atoms with Crippen molar-refractivity contribution in [2.24, 2.45) is 5.73 Å². The molecule has 1 aliphatic rings. The Bertz CT molecular complexity index is 362. The average Bonchev–Trinajstić information content (AvgIpc) is 2.27. The second-order valence-corrected chi connectivity index (χ2v) is 6.03. The van der Waals surface area contributed by atoms with Crippen molar-refractivity contribution in [2.75, 3.05) is 46.2 Å². The predicted octanol–water partition coefficient (Wildman–Crippen LogP) is -1.94. The van der Waals surface area contributed by atoms with E-state index in [9.17, 15) is 13.2 Å². The lowest BCUT2D eigenvalue weighted by Crippen LogP contribution is -2.54. The van der Waals surface area contributed by atoms with E-state index in [2.05, 4.69) is 0 Å². The van der Waals surface area contributed by atoms with E-state index in [1.54, 1.807) is 4.90 Å². The number of amides is 1. The quantitative estimate of drug-likeness (QED) is 0.638. The van der Waals surface area contributed by atoms with E-state index in [1.165, 1.54) is 17.7 Å². The van der Waals surface area contributed by atoms with Gasteiger partial charge in [-0.1, -0.05) is 0 Å². The highest BCUT2D eigenvalue weighted by atomic mass is 32.2. The number of hydrogen-bond acceptors (Lipinski definition) is 5. The Morgan fingerprint density at radius 1 is 1.35 bits per heavy atom. The van der Waals surface area contributed by atoms with Crippen molar-refractivity contribution in [3.63, 3.8) is 0 Å². The normalized spacial score (nSPS) is 20.3. The number of methoxy groups -OCH3 is 1. The number of hydrogen-bond donors (Lipinski definition) is 1. The number of nitrogens with two attached hydrogens (primary N) is 1. The van der Waals surface area contributed by atoms with E-state index in [0.717, 1.165) is 0 Å². The predicted molar refractivity (Wildman–Crippen MR) is 62.8 cm³/mol. The van der Waals surface area contributed by atoms with Crippen LogP contribution < -0.4 is 5.73 Å². The summed E-state index contributed by atoms with van der Waals surface area (Å²) >= 11 is 0. The summed E-state index contributed by atoms with van der Waals surface area (Å²) in [7, 11) is -1.69. The van der Waals surface area contributed by atoms with Gasteiger partial charge in [0.1, 0.15) is 6.04 Å². The molecule has 0 aromatic rings. The van der Waals surface area contributed by atoms with E-state index in [-0.39, 0.29) is 12.5 Å². The van der Waals surface area contributed by atoms with Gasteiger partial charge in [-0.15, -0.1) is 0 Å². The van der Waals surface area contributed by atoms with Gasteiger partial charge in [-0.3, -0.25) is 4.79 Å². The van der Waals surface area contributed by atoms with Crippen LogP contribution in [0.25, 0.3) is 0 Å². The first kappa shape index (κ1) is 14.4. The van der Waals surface area contributed by atoms with Crippen LogP contribution in [0.2, 0.25) is 0 Å². The molecular formula is C9H19N3O4S. The van der Waals surface area contributed by atoms with Crippen LogP contribution in [0.15, 0.2) is 0 Å². The van der Waals surface area contributed by atoms with Gasteiger partial charge >= 0.3 is 0 Å². The number of rotatable bonds is 4. The Morgan fingerprint density at radius 3 is 2.29 bits per heavy atom. The fourth-order valence-electron chi connectivity index (χ4n) is 1.73. The minimum Gasteiger partial charge on any atom is -0.383 e. The monoisotopic (exact) mass is 265 g/mol. The highest BCUT2D eigenvalue weighted by Crippen LogP contribution is 2.07. The van der Waals surface area contributed by atoms with Crippen molar-refractivity contribution >= 4 is 15.9 Å².